The van der Waals surface area contributed by atoms with E-state index in [0.29, 0.717) is 11.5 Å². The van der Waals surface area contributed by atoms with Gasteiger partial charge < -0.3 is 5.32 Å². The first kappa shape index (κ1) is 16.1. The molecule has 0 radical (unpaired) electrons. The first-order valence-electron chi connectivity index (χ1n) is 7.77. The monoisotopic (exact) mass is 332 g/mol. The van der Waals surface area contributed by atoms with Gasteiger partial charge in [0, 0.05) is 32.2 Å². The highest BCUT2D eigenvalue weighted by molar-refractivity contribution is 6.32. The van der Waals surface area contributed by atoms with Crippen LogP contribution in [0.1, 0.15) is 36.4 Å². The summed E-state index contributed by atoms with van der Waals surface area (Å²) in [5, 5.41) is 3.16. The number of alkyl halides is 3. The van der Waals surface area contributed by atoms with Crippen molar-refractivity contribution in [2.75, 3.05) is 26.2 Å². The molecule has 1 N–H and O–H groups in total. The average molecular weight is 333 g/mol. The minimum atomic E-state index is -4.40. The largest absolute Gasteiger partial charge is 0.417 e. The lowest BCUT2D eigenvalue weighted by molar-refractivity contribution is -0.137. The molecule has 0 aromatic heterocycles. The van der Waals surface area contributed by atoms with E-state index in [0.717, 1.165) is 38.7 Å². The molecule has 1 aliphatic heterocycles. The topological polar surface area (TPSA) is 15.3 Å². The second-order valence-electron chi connectivity index (χ2n) is 6.19. The van der Waals surface area contributed by atoms with E-state index < -0.39 is 11.7 Å². The summed E-state index contributed by atoms with van der Waals surface area (Å²) in [4.78, 5) is 2.27. The molecule has 2 aliphatic rings. The summed E-state index contributed by atoms with van der Waals surface area (Å²) < 4.78 is 39.3. The van der Waals surface area contributed by atoms with Crippen molar-refractivity contribution in [2.45, 2.75) is 31.5 Å². The summed E-state index contributed by atoms with van der Waals surface area (Å²) in [6, 6.07) is 4.29. The van der Waals surface area contributed by atoms with Gasteiger partial charge in [0.2, 0.25) is 0 Å². The molecular formula is C16H20ClF3N2. The van der Waals surface area contributed by atoms with Crippen LogP contribution in [0.15, 0.2) is 18.2 Å². The first-order valence-corrected chi connectivity index (χ1v) is 8.15. The van der Waals surface area contributed by atoms with Gasteiger partial charge in [-0.1, -0.05) is 36.6 Å². The molecule has 0 amide bonds. The molecule has 1 aromatic rings. The van der Waals surface area contributed by atoms with Gasteiger partial charge >= 0.3 is 6.18 Å². The highest BCUT2D eigenvalue weighted by Gasteiger charge is 2.37. The van der Waals surface area contributed by atoms with Gasteiger partial charge in [0.1, 0.15) is 0 Å². The second-order valence-corrected chi connectivity index (χ2v) is 6.57. The van der Waals surface area contributed by atoms with E-state index in [1.54, 1.807) is 6.07 Å². The van der Waals surface area contributed by atoms with Gasteiger partial charge in [-0.05, 0) is 24.0 Å². The molecule has 1 aliphatic carbocycles. The van der Waals surface area contributed by atoms with E-state index in [1.165, 1.54) is 18.9 Å². The molecule has 6 heteroatoms. The van der Waals surface area contributed by atoms with Crippen molar-refractivity contribution in [1.29, 1.82) is 0 Å². The molecule has 1 saturated heterocycles. The van der Waals surface area contributed by atoms with Crippen LogP contribution in [0, 0.1) is 5.92 Å². The maximum absolute atomic E-state index is 13.1. The Kier molecular flexibility index (Phi) is 4.67. The molecule has 22 heavy (non-hydrogen) atoms. The molecule has 0 spiro atoms. The Balaban J connectivity index is 1.92. The highest BCUT2D eigenvalue weighted by Crippen LogP contribution is 2.44. The lowest BCUT2D eigenvalue weighted by Gasteiger charge is -2.36. The Morgan fingerprint density at radius 3 is 2.50 bits per heavy atom. The van der Waals surface area contributed by atoms with Gasteiger partial charge in [0.15, 0.2) is 0 Å². The van der Waals surface area contributed by atoms with Gasteiger partial charge in [-0.2, -0.15) is 13.2 Å². The molecular weight excluding hydrogens is 313 g/mol. The number of hydrogen-bond acceptors (Lipinski definition) is 2. The van der Waals surface area contributed by atoms with E-state index in [9.17, 15) is 13.2 Å². The Morgan fingerprint density at radius 1 is 1.23 bits per heavy atom. The van der Waals surface area contributed by atoms with Crippen LogP contribution in [-0.2, 0) is 6.18 Å². The predicted molar refractivity (Wildman–Crippen MR) is 81.0 cm³/mol. The normalized spacial score (nSPS) is 21.8. The Hall–Kier alpha value is -0.780. The zero-order valence-electron chi connectivity index (χ0n) is 12.3. The van der Waals surface area contributed by atoms with Crippen molar-refractivity contribution in [2.24, 2.45) is 5.92 Å². The van der Waals surface area contributed by atoms with Crippen LogP contribution in [-0.4, -0.2) is 31.1 Å². The molecule has 0 unspecified atom stereocenters. The van der Waals surface area contributed by atoms with Crippen molar-refractivity contribution in [3.8, 4) is 0 Å². The van der Waals surface area contributed by atoms with Crippen molar-refractivity contribution in [1.82, 2.24) is 10.2 Å². The fourth-order valence-electron chi connectivity index (χ4n) is 3.16. The summed E-state index contributed by atoms with van der Waals surface area (Å²) in [6.07, 6.45) is -1.14. The predicted octanol–water partition coefficient (Wildman–Crippen LogP) is 4.11. The van der Waals surface area contributed by atoms with Gasteiger partial charge in [0.05, 0.1) is 10.6 Å². The third-order valence-corrected chi connectivity index (χ3v) is 4.96. The quantitative estimate of drug-likeness (QED) is 0.892. The minimum absolute atomic E-state index is 0.00981. The Bertz CT molecular complexity index is 523. The number of rotatable bonds is 4. The molecule has 3 rings (SSSR count). The zero-order valence-corrected chi connectivity index (χ0v) is 13.1. The third-order valence-electron chi connectivity index (χ3n) is 4.54. The average Bonchev–Trinajstić information content (AvgIpc) is 3.29. The Morgan fingerprint density at radius 2 is 1.91 bits per heavy atom. The van der Waals surface area contributed by atoms with Crippen LogP contribution in [0.3, 0.4) is 0 Å². The van der Waals surface area contributed by atoms with E-state index in [1.807, 2.05) is 0 Å². The summed E-state index contributed by atoms with van der Waals surface area (Å²) in [5.41, 5.74) is -0.0899. The Labute approximate surface area is 133 Å². The number of hydrogen-bond donors (Lipinski definition) is 1. The minimum Gasteiger partial charge on any atom is -0.314 e. The van der Waals surface area contributed by atoms with E-state index in [-0.39, 0.29) is 11.1 Å². The molecule has 2 fully saturated rings. The molecule has 1 atom stereocenters. The van der Waals surface area contributed by atoms with Crippen LogP contribution in [0.2, 0.25) is 5.02 Å². The van der Waals surface area contributed by atoms with Crippen molar-refractivity contribution in [3.63, 3.8) is 0 Å². The van der Waals surface area contributed by atoms with Crippen molar-refractivity contribution < 1.29 is 13.2 Å². The van der Waals surface area contributed by atoms with Gasteiger partial charge in [-0.25, -0.2) is 0 Å². The van der Waals surface area contributed by atoms with Crippen molar-refractivity contribution >= 4 is 11.6 Å². The molecule has 1 aromatic carbocycles. The van der Waals surface area contributed by atoms with Crippen LogP contribution < -0.4 is 5.32 Å². The standard InChI is InChI=1S/C16H20ClF3N2/c17-15-12(2-1-3-13(15)16(18,19)20)14(10-11-4-5-11)22-8-6-21-7-9-22/h1-3,11,14,21H,4-10H2/t14-/m1/s1. The van der Waals surface area contributed by atoms with Crippen LogP contribution in [0.4, 0.5) is 13.2 Å². The van der Waals surface area contributed by atoms with Crippen LogP contribution in [0.25, 0.3) is 0 Å². The fourth-order valence-corrected chi connectivity index (χ4v) is 3.52. The number of nitrogens with one attached hydrogen (secondary N) is 1. The number of benzene rings is 1. The van der Waals surface area contributed by atoms with Gasteiger partial charge in [-0.15, -0.1) is 0 Å². The smallest absolute Gasteiger partial charge is 0.314 e. The van der Waals surface area contributed by atoms with E-state index in [2.05, 4.69) is 10.2 Å². The summed E-state index contributed by atoms with van der Waals surface area (Å²) >= 11 is 6.15. The fraction of sp³-hybridized carbons (Fsp3) is 0.625. The molecule has 1 saturated carbocycles. The number of halogens is 4. The van der Waals surface area contributed by atoms with Gasteiger partial charge in [-0.3, -0.25) is 4.90 Å². The lowest BCUT2D eigenvalue weighted by Crippen LogP contribution is -2.45. The SMILES string of the molecule is FC(F)(F)c1cccc([C@@H](CC2CC2)N2CCNCC2)c1Cl. The van der Waals surface area contributed by atoms with E-state index >= 15 is 0 Å². The molecule has 1 heterocycles. The van der Waals surface area contributed by atoms with E-state index in [4.69, 9.17) is 11.6 Å². The zero-order chi connectivity index (χ0) is 15.7. The molecule has 2 nitrogen and oxygen atoms in total. The molecule has 0 bridgehead atoms. The van der Waals surface area contributed by atoms with Crippen molar-refractivity contribution in [3.05, 3.63) is 34.3 Å². The number of nitrogens with zero attached hydrogens (tertiary/aromatic N) is 1. The summed E-state index contributed by atoms with van der Waals surface area (Å²) in [5.74, 6) is 0.630. The first-order chi connectivity index (χ1) is 10.5. The second kappa shape index (κ2) is 6.38. The summed E-state index contributed by atoms with van der Waals surface area (Å²) in [7, 11) is 0. The third kappa shape index (κ3) is 3.58. The number of piperazine rings is 1. The van der Waals surface area contributed by atoms with Crippen LogP contribution >= 0.6 is 11.6 Å². The highest BCUT2D eigenvalue weighted by atomic mass is 35.5. The maximum Gasteiger partial charge on any atom is 0.417 e. The van der Waals surface area contributed by atoms with Crippen LogP contribution in [0.5, 0.6) is 0 Å². The van der Waals surface area contributed by atoms with Gasteiger partial charge in [0.25, 0.3) is 0 Å². The molecule has 122 valence electrons. The maximum atomic E-state index is 13.1. The summed E-state index contributed by atoms with van der Waals surface area (Å²) in [6.45, 7) is 3.45. The lowest BCUT2D eigenvalue weighted by atomic mass is 9.96.